The third-order valence-electron chi connectivity index (χ3n) is 0.696. The van der Waals surface area contributed by atoms with Crippen LogP contribution < -0.4 is 4.90 Å². The van der Waals surface area contributed by atoms with Crippen LogP contribution in [-0.2, 0) is 0 Å². The van der Waals surface area contributed by atoms with Gasteiger partial charge in [0.2, 0.25) is 0 Å². The zero-order valence-corrected chi connectivity index (χ0v) is 4.75. The van der Waals surface area contributed by atoms with Crippen LogP contribution in [0.5, 0.6) is 0 Å². The number of nitrogens with zero attached hydrogens (tertiary/aromatic N) is 3. The van der Waals surface area contributed by atoms with Crippen LogP contribution in [0, 0.1) is 6.39 Å². The molecule has 4 heteroatoms. The van der Waals surface area contributed by atoms with Crippen LogP contribution in [0.3, 0.4) is 0 Å². The SMILES string of the molecule is CN(C)c1nn[c]o1. The van der Waals surface area contributed by atoms with Crippen LogP contribution >= 0.6 is 0 Å². The molecule has 0 fully saturated rings. The first-order chi connectivity index (χ1) is 3.80. The molecule has 0 aliphatic rings. The summed E-state index contributed by atoms with van der Waals surface area (Å²) in [4.78, 5) is 1.71. The van der Waals surface area contributed by atoms with E-state index in [1.54, 1.807) is 4.90 Å². The minimum Gasteiger partial charge on any atom is -0.399 e. The Labute approximate surface area is 47.1 Å². The maximum Gasteiger partial charge on any atom is 0.318 e. The maximum atomic E-state index is 4.67. The molecule has 0 N–H and O–H groups in total. The molecule has 43 valence electrons. The summed E-state index contributed by atoms with van der Waals surface area (Å²) in [5, 5.41) is 6.93. The second kappa shape index (κ2) is 1.81. The van der Waals surface area contributed by atoms with Gasteiger partial charge in [0.15, 0.2) is 0 Å². The third-order valence-corrected chi connectivity index (χ3v) is 0.696. The Bertz CT molecular complexity index is 146. The van der Waals surface area contributed by atoms with E-state index in [2.05, 4.69) is 21.0 Å². The van der Waals surface area contributed by atoms with Crippen molar-refractivity contribution >= 4 is 6.01 Å². The van der Waals surface area contributed by atoms with E-state index in [1.807, 2.05) is 14.1 Å². The summed E-state index contributed by atoms with van der Waals surface area (Å²) >= 11 is 0. The Kier molecular flexibility index (Phi) is 1.15. The van der Waals surface area contributed by atoms with Gasteiger partial charge in [-0.15, -0.1) is 5.10 Å². The molecule has 0 aromatic carbocycles. The third kappa shape index (κ3) is 0.776. The molecule has 0 saturated carbocycles. The van der Waals surface area contributed by atoms with Crippen molar-refractivity contribution in [3.63, 3.8) is 0 Å². The van der Waals surface area contributed by atoms with Gasteiger partial charge < -0.3 is 9.32 Å². The second-order valence-electron chi connectivity index (χ2n) is 1.57. The van der Waals surface area contributed by atoms with Crippen molar-refractivity contribution < 1.29 is 4.42 Å². The molecule has 0 spiro atoms. The molecule has 0 atom stereocenters. The largest absolute Gasteiger partial charge is 0.399 e. The molecule has 0 saturated heterocycles. The summed E-state index contributed by atoms with van der Waals surface area (Å²) in [7, 11) is 3.64. The lowest BCUT2D eigenvalue weighted by molar-refractivity contribution is 0.543. The van der Waals surface area contributed by atoms with E-state index in [0.29, 0.717) is 6.01 Å². The highest BCUT2D eigenvalue weighted by atomic mass is 16.4. The highest BCUT2D eigenvalue weighted by molar-refractivity contribution is 5.17. The van der Waals surface area contributed by atoms with E-state index < -0.39 is 0 Å². The average molecular weight is 112 g/mol. The van der Waals surface area contributed by atoms with Gasteiger partial charge in [0.1, 0.15) is 0 Å². The van der Waals surface area contributed by atoms with Crippen LogP contribution in [0.15, 0.2) is 4.42 Å². The molecule has 8 heavy (non-hydrogen) atoms. The second-order valence-corrected chi connectivity index (χ2v) is 1.57. The lowest BCUT2D eigenvalue weighted by Crippen LogP contribution is -2.08. The topological polar surface area (TPSA) is 42.2 Å². The molecule has 0 unspecified atom stereocenters. The van der Waals surface area contributed by atoms with Gasteiger partial charge in [-0.2, -0.15) is 0 Å². The Morgan fingerprint density at radius 1 is 1.62 bits per heavy atom. The number of hydrogen-bond donors (Lipinski definition) is 0. The van der Waals surface area contributed by atoms with Gasteiger partial charge >= 0.3 is 12.4 Å². The molecular weight excluding hydrogens is 106 g/mol. The quantitative estimate of drug-likeness (QED) is 0.510. The van der Waals surface area contributed by atoms with Gasteiger partial charge in [-0.05, 0) is 0 Å². The van der Waals surface area contributed by atoms with Gasteiger partial charge in [0.05, 0.1) is 0 Å². The molecule has 0 bridgehead atoms. The molecule has 1 aromatic heterocycles. The Hall–Kier alpha value is -1.06. The zero-order valence-electron chi connectivity index (χ0n) is 4.75. The minimum atomic E-state index is 0.477. The predicted molar refractivity (Wildman–Crippen MR) is 27.5 cm³/mol. The predicted octanol–water partition coefficient (Wildman–Crippen LogP) is -0.0642. The molecule has 0 amide bonds. The minimum absolute atomic E-state index is 0.477. The number of anilines is 1. The summed E-state index contributed by atoms with van der Waals surface area (Å²) in [6.07, 6.45) is 2.23. The Morgan fingerprint density at radius 3 is 2.62 bits per heavy atom. The maximum absolute atomic E-state index is 4.67. The van der Waals surface area contributed by atoms with Gasteiger partial charge in [-0.25, -0.2) is 0 Å². The van der Waals surface area contributed by atoms with Gasteiger partial charge in [0.25, 0.3) is 0 Å². The molecule has 0 aliphatic heterocycles. The van der Waals surface area contributed by atoms with Crippen molar-refractivity contribution in [2.24, 2.45) is 0 Å². The normalized spacial score (nSPS) is 9.25. The fourth-order valence-corrected chi connectivity index (χ4v) is 0.326. The Morgan fingerprint density at radius 2 is 2.38 bits per heavy atom. The first kappa shape index (κ1) is 5.08. The van der Waals surface area contributed by atoms with Crippen LogP contribution in [0.25, 0.3) is 0 Å². The van der Waals surface area contributed by atoms with E-state index >= 15 is 0 Å². The van der Waals surface area contributed by atoms with E-state index in [0.717, 1.165) is 0 Å². The van der Waals surface area contributed by atoms with Gasteiger partial charge in [-0.1, -0.05) is 5.10 Å². The first-order valence-electron chi connectivity index (χ1n) is 2.17. The van der Waals surface area contributed by atoms with E-state index in [9.17, 15) is 0 Å². The Balaban J connectivity index is 2.77. The van der Waals surface area contributed by atoms with Crippen LogP contribution in [-0.4, -0.2) is 24.3 Å². The van der Waals surface area contributed by atoms with Crippen molar-refractivity contribution in [2.75, 3.05) is 19.0 Å². The summed E-state index contributed by atoms with van der Waals surface area (Å²) in [6, 6.07) is 0.477. The molecule has 4 nitrogen and oxygen atoms in total. The summed E-state index contributed by atoms with van der Waals surface area (Å²) in [5.74, 6) is 0. The summed E-state index contributed by atoms with van der Waals surface area (Å²) < 4.78 is 4.67. The molecule has 1 aromatic rings. The number of rotatable bonds is 1. The van der Waals surface area contributed by atoms with Crippen molar-refractivity contribution in [3.05, 3.63) is 6.39 Å². The number of hydrogen-bond acceptors (Lipinski definition) is 4. The van der Waals surface area contributed by atoms with Crippen LogP contribution in [0.2, 0.25) is 0 Å². The average Bonchev–Trinajstić information content (AvgIpc) is 2.12. The van der Waals surface area contributed by atoms with E-state index in [-0.39, 0.29) is 0 Å². The van der Waals surface area contributed by atoms with Gasteiger partial charge in [-0.3, -0.25) is 0 Å². The fourth-order valence-electron chi connectivity index (χ4n) is 0.326. The van der Waals surface area contributed by atoms with Crippen molar-refractivity contribution in [2.45, 2.75) is 0 Å². The molecule has 1 heterocycles. The zero-order chi connectivity index (χ0) is 5.98. The molecule has 1 rings (SSSR count). The first-order valence-corrected chi connectivity index (χ1v) is 2.17. The monoisotopic (exact) mass is 112 g/mol. The van der Waals surface area contributed by atoms with Crippen molar-refractivity contribution in [1.82, 2.24) is 10.2 Å². The molecule has 1 radical (unpaired) electrons. The highest BCUT2D eigenvalue weighted by Gasteiger charge is 1.97. The summed E-state index contributed by atoms with van der Waals surface area (Å²) in [6.45, 7) is 0. The van der Waals surface area contributed by atoms with Gasteiger partial charge in [0, 0.05) is 14.1 Å². The van der Waals surface area contributed by atoms with E-state index in [1.165, 1.54) is 0 Å². The smallest absolute Gasteiger partial charge is 0.318 e. The lowest BCUT2D eigenvalue weighted by Gasteiger charge is -2.01. The van der Waals surface area contributed by atoms with Crippen LogP contribution in [0.4, 0.5) is 6.01 Å². The van der Waals surface area contributed by atoms with E-state index in [4.69, 9.17) is 0 Å². The highest BCUT2D eigenvalue weighted by Crippen LogP contribution is 2.00. The fraction of sp³-hybridized carbons (Fsp3) is 0.500. The molecular formula is C4H6N3O. The lowest BCUT2D eigenvalue weighted by atomic mass is 10.9. The van der Waals surface area contributed by atoms with Crippen LogP contribution in [0.1, 0.15) is 0 Å². The summed E-state index contributed by atoms with van der Waals surface area (Å²) in [5.41, 5.74) is 0. The number of aromatic nitrogens is 2. The standard InChI is InChI=1S/C4H6N3O/c1-7(2)4-6-5-3-8-4/h1-2H3. The van der Waals surface area contributed by atoms with Crippen molar-refractivity contribution in [1.29, 1.82) is 0 Å². The van der Waals surface area contributed by atoms with Crippen molar-refractivity contribution in [3.8, 4) is 0 Å². The molecule has 0 aliphatic carbocycles.